The minimum atomic E-state index is 0.273. The molecular formula is C12H14N2O. The van der Waals surface area contributed by atoms with Crippen molar-refractivity contribution in [1.82, 2.24) is 4.98 Å². The average molecular weight is 202 g/mol. The molecule has 3 heteroatoms. The number of aromatic nitrogens is 1. The summed E-state index contributed by atoms with van der Waals surface area (Å²) in [4.78, 5) is 4.26. The molecule has 0 bridgehead atoms. The van der Waals surface area contributed by atoms with Gasteiger partial charge in [0.2, 0.25) is 0 Å². The van der Waals surface area contributed by atoms with Gasteiger partial charge in [-0.05, 0) is 30.0 Å². The van der Waals surface area contributed by atoms with Gasteiger partial charge in [-0.2, -0.15) is 0 Å². The maximum atomic E-state index is 9.42. The molecule has 0 saturated heterocycles. The predicted octanol–water partition coefficient (Wildman–Crippen LogP) is 2.76. The van der Waals surface area contributed by atoms with E-state index in [9.17, 15) is 5.11 Å². The zero-order valence-corrected chi connectivity index (χ0v) is 8.70. The number of hydrogen-bond acceptors (Lipinski definition) is 3. The van der Waals surface area contributed by atoms with Crippen molar-refractivity contribution in [3.8, 4) is 5.75 Å². The molecule has 0 amide bonds. The Hall–Kier alpha value is -1.77. The summed E-state index contributed by atoms with van der Waals surface area (Å²) in [7, 11) is 0. The molecule has 15 heavy (non-hydrogen) atoms. The van der Waals surface area contributed by atoms with Crippen LogP contribution in [0.2, 0.25) is 0 Å². The largest absolute Gasteiger partial charge is 0.508 e. The van der Waals surface area contributed by atoms with Crippen LogP contribution in [0, 0.1) is 0 Å². The fraction of sp³-hybridized carbons (Fsp3) is 0.250. The SMILES string of the molecule is CCCNc1nccc2ccc(O)cc12. The average Bonchev–Trinajstić information content (AvgIpc) is 2.26. The summed E-state index contributed by atoms with van der Waals surface area (Å²) < 4.78 is 0. The number of phenols is 1. The number of fused-ring (bicyclic) bond motifs is 1. The second-order valence-corrected chi connectivity index (χ2v) is 3.49. The first-order valence-electron chi connectivity index (χ1n) is 5.13. The van der Waals surface area contributed by atoms with Crippen molar-refractivity contribution in [2.75, 3.05) is 11.9 Å². The van der Waals surface area contributed by atoms with E-state index in [2.05, 4.69) is 17.2 Å². The lowest BCUT2D eigenvalue weighted by atomic mass is 10.1. The molecule has 0 unspecified atom stereocenters. The molecule has 2 aromatic rings. The minimum Gasteiger partial charge on any atom is -0.508 e. The standard InChI is InChI=1S/C12H14N2O/c1-2-6-13-12-11-8-10(15)4-3-9(11)5-7-14-12/h3-5,7-8,15H,2,6H2,1H3,(H,13,14). The summed E-state index contributed by atoms with van der Waals surface area (Å²) >= 11 is 0. The van der Waals surface area contributed by atoms with Crippen molar-refractivity contribution in [2.45, 2.75) is 13.3 Å². The van der Waals surface area contributed by atoms with Crippen LogP contribution in [-0.4, -0.2) is 16.6 Å². The second kappa shape index (κ2) is 4.17. The lowest BCUT2D eigenvalue weighted by molar-refractivity contribution is 0.476. The first-order valence-corrected chi connectivity index (χ1v) is 5.13. The number of hydrogen-bond donors (Lipinski definition) is 2. The van der Waals surface area contributed by atoms with Gasteiger partial charge in [-0.1, -0.05) is 13.0 Å². The molecule has 0 atom stereocenters. The van der Waals surface area contributed by atoms with Crippen molar-refractivity contribution < 1.29 is 5.11 Å². The van der Waals surface area contributed by atoms with Gasteiger partial charge in [-0.25, -0.2) is 4.98 Å². The van der Waals surface area contributed by atoms with Crippen molar-refractivity contribution >= 4 is 16.6 Å². The molecule has 0 aliphatic rings. The monoisotopic (exact) mass is 202 g/mol. The topological polar surface area (TPSA) is 45.2 Å². The van der Waals surface area contributed by atoms with Gasteiger partial charge in [0.1, 0.15) is 11.6 Å². The molecule has 78 valence electrons. The van der Waals surface area contributed by atoms with Gasteiger partial charge >= 0.3 is 0 Å². The highest BCUT2D eigenvalue weighted by Gasteiger charge is 2.01. The van der Waals surface area contributed by atoms with Crippen LogP contribution in [0.1, 0.15) is 13.3 Å². The summed E-state index contributed by atoms with van der Waals surface area (Å²) in [6.45, 7) is 3.00. The van der Waals surface area contributed by atoms with E-state index in [0.29, 0.717) is 0 Å². The van der Waals surface area contributed by atoms with Crippen molar-refractivity contribution in [2.24, 2.45) is 0 Å². The van der Waals surface area contributed by atoms with Crippen LogP contribution in [-0.2, 0) is 0 Å². The van der Waals surface area contributed by atoms with Gasteiger partial charge in [0.05, 0.1) is 0 Å². The molecule has 2 N–H and O–H groups in total. The lowest BCUT2D eigenvalue weighted by Crippen LogP contribution is -2.01. The molecule has 0 aliphatic carbocycles. The molecule has 0 radical (unpaired) electrons. The number of pyridine rings is 1. The number of benzene rings is 1. The molecule has 0 saturated carbocycles. The predicted molar refractivity (Wildman–Crippen MR) is 62.2 cm³/mol. The highest BCUT2D eigenvalue weighted by molar-refractivity contribution is 5.92. The molecule has 1 aromatic heterocycles. The van der Waals surface area contributed by atoms with Crippen molar-refractivity contribution in [3.05, 3.63) is 30.5 Å². The summed E-state index contributed by atoms with van der Waals surface area (Å²) in [5.74, 6) is 1.11. The Balaban J connectivity index is 2.48. The maximum absolute atomic E-state index is 9.42. The Labute approximate surface area is 88.8 Å². The molecule has 1 heterocycles. The first kappa shape index (κ1) is 9.77. The van der Waals surface area contributed by atoms with Crippen LogP contribution < -0.4 is 5.32 Å². The summed E-state index contributed by atoms with van der Waals surface area (Å²) in [5, 5.41) is 14.7. The highest BCUT2D eigenvalue weighted by Crippen LogP contribution is 2.24. The third-order valence-electron chi connectivity index (χ3n) is 2.29. The number of rotatable bonds is 3. The number of anilines is 1. The fourth-order valence-electron chi connectivity index (χ4n) is 1.54. The lowest BCUT2D eigenvalue weighted by Gasteiger charge is -2.07. The molecule has 0 spiro atoms. The smallest absolute Gasteiger partial charge is 0.133 e. The maximum Gasteiger partial charge on any atom is 0.133 e. The second-order valence-electron chi connectivity index (χ2n) is 3.49. The van der Waals surface area contributed by atoms with E-state index in [1.165, 1.54) is 0 Å². The molecule has 2 rings (SSSR count). The number of aromatic hydroxyl groups is 1. The zero-order chi connectivity index (χ0) is 10.7. The quantitative estimate of drug-likeness (QED) is 0.804. The van der Waals surface area contributed by atoms with Gasteiger partial charge in [-0.3, -0.25) is 0 Å². The van der Waals surface area contributed by atoms with Crippen LogP contribution in [0.25, 0.3) is 10.8 Å². The third-order valence-corrected chi connectivity index (χ3v) is 2.29. The summed E-state index contributed by atoms with van der Waals surface area (Å²) in [5.41, 5.74) is 0. The van der Waals surface area contributed by atoms with E-state index >= 15 is 0 Å². The Morgan fingerprint density at radius 3 is 3.00 bits per heavy atom. The fourth-order valence-corrected chi connectivity index (χ4v) is 1.54. The number of phenolic OH excluding ortho intramolecular Hbond substituents is 1. The van der Waals surface area contributed by atoms with Gasteiger partial charge < -0.3 is 10.4 Å². The van der Waals surface area contributed by atoms with Gasteiger partial charge in [-0.15, -0.1) is 0 Å². The molecular weight excluding hydrogens is 188 g/mol. The highest BCUT2D eigenvalue weighted by atomic mass is 16.3. The van der Waals surface area contributed by atoms with Crippen LogP contribution >= 0.6 is 0 Å². The Morgan fingerprint density at radius 2 is 2.20 bits per heavy atom. The number of nitrogens with zero attached hydrogens (tertiary/aromatic N) is 1. The number of nitrogens with one attached hydrogen (secondary N) is 1. The van der Waals surface area contributed by atoms with E-state index < -0.39 is 0 Å². The zero-order valence-electron chi connectivity index (χ0n) is 8.70. The molecule has 0 fully saturated rings. The normalized spacial score (nSPS) is 10.5. The molecule has 1 aromatic carbocycles. The molecule has 3 nitrogen and oxygen atoms in total. The van der Waals surface area contributed by atoms with Crippen LogP contribution in [0.4, 0.5) is 5.82 Å². The van der Waals surface area contributed by atoms with Gasteiger partial charge in [0.15, 0.2) is 0 Å². The van der Waals surface area contributed by atoms with Crippen LogP contribution in [0.15, 0.2) is 30.5 Å². The Morgan fingerprint density at radius 1 is 1.33 bits per heavy atom. The minimum absolute atomic E-state index is 0.273. The first-order chi connectivity index (χ1) is 7.31. The van der Waals surface area contributed by atoms with E-state index in [-0.39, 0.29) is 5.75 Å². The molecule has 0 aliphatic heterocycles. The van der Waals surface area contributed by atoms with Crippen LogP contribution in [0.5, 0.6) is 5.75 Å². The summed E-state index contributed by atoms with van der Waals surface area (Å²) in [6.07, 6.45) is 2.83. The van der Waals surface area contributed by atoms with Crippen LogP contribution in [0.3, 0.4) is 0 Å². The van der Waals surface area contributed by atoms with Crippen molar-refractivity contribution in [1.29, 1.82) is 0 Å². The van der Waals surface area contributed by atoms with Crippen molar-refractivity contribution in [3.63, 3.8) is 0 Å². The van der Waals surface area contributed by atoms with E-state index in [0.717, 1.165) is 29.6 Å². The summed E-state index contributed by atoms with van der Waals surface area (Å²) in [6, 6.07) is 7.25. The Kier molecular flexibility index (Phi) is 2.72. The van der Waals surface area contributed by atoms with E-state index in [1.807, 2.05) is 12.1 Å². The van der Waals surface area contributed by atoms with Gasteiger partial charge in [0.25, 0.3) is 0 Å². The van der Waals surface area contributed by atoms with E-state index in [4.69, 9.17) is 0 Å². The van der Waals surface area contributed by atoms with E-state index in [1.54, 1.807) is 18.3 Å². The Bertz CT molecular complexity index is 468. The third kappa shape index (κ3) is 2.01. The van der Waals surface area contributed by atoms with Gasteiger partial charge in [0, 0.05) is 18.1 Å².